The van der Waals surface area contributed by atoms with Crippen LogP contribution in [0, 0.1) is 17.4 Å². The molecule has 1 amide bonds. The van der Waals surface area contributed by atoms with Crippen molar-refractivity contribution < 1.29 is 9.53 Å². The van der Waals surface area contributed by atoms with Crippen molar-refractivity contribution in [2.45, 2.75) is 6.42 Å². The lowest BCUT2D eigenvalue weighted by atomic mass is 10.1. The van der Waals surface area contributed by atoms with E-state index in [1.54, 1.807) is 30.3 Å². The molecule has 6 heteroatoms. The Morgan fingerprint density at radius 2 is 2.56 bits per heavy atom. The smallest absolute Gasteiger partial charge is 0.230 e. The van der Waals surface area contributed by atoms with E-state index < -0.39 is 0 Å². The molecule has 1 N–H and O–H groups in total. The van der Waals surface area contributed by atoms with E-state index >= 15 is 0 Å². The highest BCUT2D eigenvalue weighted by atomic mass is 16.5. The fraction of sp³-hybridized carbons (Fsp3) is 0.417. The fourth-order valence-electron chi connectivity index (χ4n) is 1.90. The minimum atomic E-state index is -0.155. The Balaban J connectivity index is 1.97. The van der Waals surface area contributed by atoms with Crippen molar-refractivity contribution in [2.75, 3.05) is 25.5 Å². The molecule has 6 nitrogen and oxygen atoms in total. The molecular weight excluding hydrogens is 232 g/mol. The molecule has 18 heavy (non-hydrogen) atoms. The average Bonchev–Trinajstić information content (AvgIpc) is 2.88. The molecule has 1 aromatic rings. The van der Waals surface area contributed by atoms with Crippen molar-refractivity contribution in [3.63, 3.8) is 0 Å². The second kappa shape index (κ2) is 5.36. The maximum atomic E-state index is 11.9. The number of pyridine rings is 1. The van der Waals surface area contributed by atoms with Gasteiger partial charge in [0.25, 0.3) is 0 Å². The quantitative estimate of drug-likeness (QED) is 0.799. The van der Waals surface area contributed by atoms with Gasteiger partial charge in [-0.3, -0.25) is 4.79 Å². The highest BCUT2D eigenvalue weighted by Gasteiger charge is 2.27. The second-order valence-corrected chi connectivity index (χ2v) is 4.10. The van der Waals surface area contributed by atoms with Gasteiger partial charge in [-0.1, -0.05) is 0 Å². The third kappa shape index (κ3) is 2.69. The van der Waals surface area contributed by atoms with Crippen LogP contribution >= 0.6 is 0 Å². The van der Waals surface area contributed by atoms with Gasteiger partial charge in [0, 0.05) is 25.4 Å². The van der Waals surface area contributed by atoms with Gasteiger partial charge in [-0.15, -0.1) is 0 Å². The summed E-state index contributed by atoms with van der Waals surface area (Å²) in [7, 11) is 1.56. The predicted molar refractivity (Wildman–Crippen MR) is 64.7 cm³/mol. The highest BCUT2D eigenvalue weighted by molar-refractivity contribution is 5.92. The lowest BCUT2D eigenvalue weighted by Crippen LogP contribution is -2.25. The van der Waals surface area contributed by atoms with Gasteiger partial charge in [0.2, 0.25) is 5.91 Å². The van der Waals surface area contributed by atoms with E-state index in [1.165, 1.54) is 0 Å². The molecule has 1 unspecified atom stereocenters. The van der Waals surface area contributed by atoms with Gasteiger partial charge >= 0.3 is 0 Å². The summed E-state index contributed by atoms with van der Waals surface area (Å²) in [6.45, 7) is 1.12. The van der Waals surface area contributed by atoms with Gasteiger partial charge < -0.3 is 15.0 Å². The largest absolute Gasteiger partial charge is 0.497 e. The lowest BCUT2D eigenvalue weighted by Gasteiger charge is -2.10. The zero-order chi connectivity index (χ0) is 13.0. The second-order valence-electron chi connectivity index (χ2n) is 4.10. The van der Waals surface area contributed by atoms with E-state index in [0.717, 1.165) is 0 Å². The lowest BCUT2D eigenvalue weighted by molar-refractivity contribution is -0.119. The molecule has 0 aliphatic carbocycles. The Morgan fingerprint density at radius 3 is 3.22 bits per heavy atom. The van der Waals surface area contributed by atoms with Crippen LogP contribution in [0.3, 0.4) is 0 Å². The molecule has 1 aliphatic heterocycles. The summed E-state index contributed by atoms with van der Waals surface area (Å²) in [6.07, 6.45) is 4.32. The standard InChI is InChI=1S/C12H14N4O2/c1-18-10-2-4-14-11(6-10)15-12(17)9-3-5-16(7-9)8-13/h2,4,6,9H,3,5,7H2,1H3,(H,14,15,17). The van der Waals surface area contributed by atoms with Crippen LogP contribution < -0.4 is 10.1 Å². The summed E-state index contributed by atoms with van der Waals surface area (Å²) in [6, 6.07) is 3.37. The van der Waals surface area contributed by atoms with Gasteiger partial charge in [0.1, 0.15) is 11.6 Å². The molecule has 2 heterocycles. The molecule has 0 saturated carbocycles. The number of hydrogen-bond donors (Lipinski definition) is 1. The Hall–Kier alpha value is -2.29. The van der Waals surface area contributed by atoms with Crippen LogP contribution in [-0.2, 0) is 4.79 Å². The Bertz CT molecular complexity index is 483. The molecule has 1 aromatic heterocycles. The third-order valence-corrected chi connectivity index (χ3v) is 2.92. The van der Waals surface area contributed by atoms with E-state index in [1.807, 2.05) is 6.19 Å². The molecule has 94 valence electrons. The maximum Gasteiger partial charge on any atom is 0.230 e. The molecule has 1 saturated heterocycles. The Kier molecular flexibility index (Phi) is 3.63. The number of ether oxygens (including phenoxy) is 1. The number of rotatable bonds is 3. The first-order valence-corrected chi connectivity index (χ1v) is 5.68. The number of methoxy groups -OCH3 is 1. The number of nitrogens with one attached hydrogen (secondary N) is 1. The number of hydrogen-bond acceptors (Lipinski definition) is 5. The average molecular weight is 246 g/mol. The zero-order valence-electron chi connectivity index (χ0n) is 10.1. The Labute approximate surface area is 105 Å². The molecule has 1 fully saturated rings. The van der Waals surface area contributed by atoms with Crippen molar-refractivity contribution in [2.24, 2.45) is 5.92 Å². The van der Waals surface area contributed by atoms with Crippen LogP contribution in [0.5, 0.6) is 5.75 Å². The SMILES string of the molecule is COc1ccnc(NC(=O)C2CCN(C#N)C2)c1. The van der Waals surface area contributed by atoms with Gasteiger partial charge in [-0.25, -0.2) is 4.98 Å². The molecule has 0 aromatic carbocycles. The summed E-state index contributed by atoms with van der Waals surface area (Å²) < 4.78 is 5.05. The minimum Gasteiger partial charge on any atom is -0.497 e. The zero-order valence-corrected chi connectivity index (χ0v) is 10.1. The summed E-state index contributed by atoms with van der Waals surface area (Å²) in [5.74, 6) is 0.853. The van der Waals surface area contributed by atoms with Crippen LogP contribution in [-0.4, -0.2) is 36.0 Å². The predicted octanol–water partition coefficient (Wildman–Crippen LogP) is 0.832. The molecule has 0 spiro atoms. The molecule has 0 radical (unpaired) electrons. The van der Waals surface area contributed by atoms with Gasteiger partial charge in [0.15, 0.2) is 6.19 Å². The number of amides is 1. The van der Waals surface area contributed by atoms with Crippen LogP contribution in [0.4, 0.5) is 5.82 Å². The third-order valence-electron chi connectivity index (χ3n) is 2.92. The van der Waals surface area contributed by atoms with Crippen LogP contribution in [0.2, 0.25) is 0 Å². The molecule has 0 bridgehead atoms. The Morgan fingerprint density at radius 1 is 1.72 bits per heavy atom. The summed E-state index contributed by atoms with van der Waals surface area (Å²) in [5.41, 5.74) is 0. The van der Waals surface area contributed by atoms with E-state index in [4.69, 9.17) is 10.00 Å². The van der Waals surface area contributed by atoms with Crippen LogP contribution in [0.1, 0.15) is 6.42 Å². The fourth-order valence-corrected chi connectivity index (χ4v) is 1.90. The highest BCUT2D eigenvalue weighted by Crippen LogP contribution is 2.19. The first-order valence-electron chi connectivity index (χ1n) is 5.68. The van der Waals surface area contributed by atoms with E-state index in [0.29, 0.717) is 31.1 Å². The summed E-state index contributed by atoms with van der Waals surface area (Å²) in [4.78, 5) is 17.6. The number of likely N-dealkylation sites (tertiary alicyclic amines) is 1. The van der Waals surface area contributed by atoms with E-state index in [9.17, 15) is 4.79 Å². The number of aromatic nitrogens is 1. The minimum absolute atomic E-state index is 0.103. The number of nitrogens with zero attached hydrogens (tertiary/aromatic N) is 3. The molecule has 2 rings (SSSR count). The molecule has 1 atom stereocenters. The first kappa shape index (κ1) is 12.2. The van der Waals surface area contributed by atoms with Crippen molar-refractivity contribution in [1.29, 1.82) is 5.26 Å². The van der Waals surface area contributed by atoms with Crippen LogP contribution in [0.25, 0.3) is 0 Å². The monoisotopic (exact) mass is 246 g/mol. The topological polar surface area (TPSA) is 78.2 Å². The van der Waals surface area contributed by atoms with E-state index in [2.05, 4.69) is 10.3 Å². The van der Waals surface area contributed by atoms with Crippen molar-refractivity contribution in [3.8, 4) is 11.9 Å². The molecule has 1 aliphatic rings. The maximum absolute atomic E-state index is 11.9. The molecular formula is C12H14N4O2. The van der Waals surface area contributed by atoms with Crippen molar-refractivity contribution in [3.05, 3.63) is 18.3 Å². The number of anilines is 1. The summed E-state index contributed by atoms with van der Waals surface area (Å²) >= 11 is 0. The summed E-state index contributed by atoms with van der Waals surface area (Å²) in [5, 5.41) is 11.5. The van der Waals surface area contributed by atoms with Crippen molar-refractivity contribution in [1.82, 2.24) is 9.88 Å². The normalized spacial score (nSPS) is 18.2. The van der Waals surface area contributed by atoms with Gasteiger partial charge in [-0.2, -0.15) is 5.26 Å². The number of carbonyl (C=O) groups excluding carboxylic acids is 1. The van der Waals surface area contributed by atoms with Crippen LogP contribution in [0.15, 0.2) is 18.3 Å². The van der Waals surface area contributed by atoms with Gasteiger partial charge in [-0.05, 0) is 12.5 Å². The van der Waals surface area contributed by atoms with Gasteiger partial charge in [0.05, 0.1) is 13.0 Å². The van der Waals surface area contributed by atoms with E-state index in [-0.39, 0.29) is 11.8 Å². The number of nitriles is 1. The number of carbonyl (C=O) groups is 1. The van der Waals surface area contributed by atoms with Crippen molar-refractivity contribution >= 4 is 11.7 Å². The first-order chi connectivity index (χ1) is 8.72.